The van der Waals surface area contributed by atoms with Crippen LogP contribution in [0, 0.1) is 0 Å². The molecule has 1 saturated heterocycles. The van der Waals surface area contributed by atoms with Crippen molar-refractivity contribution >= 4 is 5.91 Å². The van der Waals surface area contributed by atoms with Gasteiger partial charge in [0.15, 0.2) is 6.61 Å². The minimum atomic E-state index is 0.00357. The maximum absolute atomic E-state index is 12.6. The summed E-state index contributed by atoms with van der Waals surface area (Å²) in [6, 6.07) is 7.30. The van der Waals surface area contributed by atoms with Gasteiger partial charge in [-0.05, 0) is 54.5 Å². The van der Waals surface area contributed by atoms with Crippen LogP contribution in [-0.4, -0.2) is 60.3 Å². The first-order valence-electron chi connectivity index (χ1n) is 9.49. The first-order chi connectivity index (χ1) is 13.7. The number of tetrazole rings is 1. The maximum Gasteiger partial charge on any atom is 0.260 e. The molecule has 1 aromatic carbocycles. The summed E-state index contributed by atoms with van der Waals surface area (Å²) in [6.45, 7) is 4.49. The highest BCUT2D eigenvalue weighted by atomic mass is 16.5. The Hall–Kier alpha value is -3.23. The van der Waals surface area contributed by atoms with Crippen LogP contribution in [-0.2, 0) is 11.3 Å². The average molecular weight is 381 g/mol. The van der Waals surface area contributed by atoms with Gasteiger partial charge in [-0.2, -0.15) is 0 Å². The molecule has 1 amide bonds. The molecule has 9 heteroatoms. The quantitative estimate of drug-likeness (QED) is 0.645. The van der Waals surface area contributed by atoms with Crippen molar-refractivity contribution in [3.63, 3.8) is 0 Å². The molecule has 3 heterocycles. The molecular formula is C19H23N7O2. The molecule has 28 heavy (non-hydrogen) atoms. The van der Waals surface area contributed by atoms with Crippen LogP contribution in [0.2, 0.25) is 0 Å². The van der Waals surface area contributed by atoms with Crippen molar-refractivity contribution in [2.45, 2.75) is 32.2 Å². The van der Waals surface area contributed by atoms with E-state index in [1.807, 2.05) is 29.4 Å². The number of aromatic nitrogens is 6. The lowest BCUT2D eigenvalue weighted by atomic mass is 9.97. The van der Waals surface area contributed by atoms with Crippen molar-refractivity contribution in [2.75, 3.05) is 19.7 Å². The molecule has 0 bridgehead atoms. The second kappa shape index (κ2) is 8.20. The third kappa shape index (κ3) is 3.88. The van der Waals surface area contributed by atoms with Crippen molar-refractivity contribution in [1.82, 2.24) is 34.7 Å². The summed E-state index contributed by atoms with van der Waals surface area (Å²) in [5, 5.41) is 11.1. The standard InChI is InChI=1S/C19H23N7O2/c1-2-24-11-9-20-19(24)15-4-3-10-25(12-15)18(27)13-28-17-7-5-16(6-8-17)26-14-21-22-23-26/h5-9,11,14-15H,2-4,10,12-13H2,1H3/t15-/m0/s1. The van der Waals surface area contributed by atoms with E-state index < -0.39 is 0 Å². The van der Waals surface area contributed by atoms with Crippen molar-refractivity contribution < 1.29 is 9.53 Å². The average Bonchev–Trinajstić information content (AvgIpc) is 3.44. The number of imidazole rings is 1. The highest BCUT2D eigenvalue weighted by Gasteiger charge is 2.27. The molecule has 4 rings (SSSR count). The monoisotopic (exact) mass is 381 g/mol. The van der Waals surface area contributed by atoms with E-state index in [1.165, 1.54) is 6.33 Å². The number of hydrogen-bond acceptors (Lipinski definition) is 6. The number of amides is 1. The van der Waals surface area contributed by atoms with Crippen LogP contribution in [0.5, 0.6) is 5.75 Å². The number of ether oxygens (including phenoxy) is 1. The predicted octanol–water partition coefficient (Wildman–Crippen LogP) is 1.66. The molecule has 1 fully saturated rings. The van der Waals surface area contributed by atoms with Gasteiger partial charge in [0.05, 0.1) is 5.69 Å². The van der Waals surface area contributed by atoms with Crippen LogP contribution in [0.25, 0.3) is 5.69 Å². The van der Waals surface area contributed by atoms with Gasteiger partial charge in [0.2, 0.25) is 0 Å². The second-order valence-electron chi connectivity index (χ2n) is 6.79. The number of nitrogens with zero attached hydrogens (tertiary/aromatic N) is 7. The Balaban J connectivity index is 1.33. The molecule has 0 spiro atoms. The number of hydrogen-bond donors (Lipinski definition) is 0. The minimum absolute atomic E-state index is 0.00357. The van der Waals surface area contributed by atoms with Gasteiger partial charge in [-0.15, -0.1) is 5.10 Å². The Morgan fingerprint density at radius 1 is 1.29 bits per heavy atom. The third-order valence-electron chi connectivity index (χ3n) is 5.04. The molecule has 2 aromatic heterocycles. The number of aryl methyl sites for hydroxylation is 1. The van der Waals surface area contributed by atoms with Gasteiger partial charge in [-0.1, -0.05) is 0 Å². The fraction of sp³-hybridized carbons (Fsp3) is 0.421. The Bertz CT molecular complexity index is 905. The van der Waals surface area contributed by atoms with Crippen LogP contribution in [0.15, 0.2) is 43.0 Å². The first-order valence-corrected chi connectivity index (χ1v) is 9.49. The summed E-state index contributed by atoms with van der Waals surface area (Å²) < 4.78 is 9.40. The van der Waals surface area contributed by atoms with Gasteiger partial charge in [-0.3, -0.25) is 4.79 Å². The van der Waals surface area contributed by atoms with Gasteiger partial charge >= 0.3 is 0 Å². The van der Waals surface area contributed by atoms with Gasteiger partial charge in [-0.25, -0.2) is 9.67 Å². The summed E-state index contributed by atoms with van der Waals surface area (Å²) in [7, 11) is 0. The number of benzene rings is 1. The molecule has 0 unspecified atom stereocenters. The lowest BCUT2D eigenvalue weighted by Gasteiger charge is -2.32. The van der Waals surface area contributed by atoms with E-state index in [0.29, 0.717) is 12.3 Å². The number of rotatable bonds is 6. The Kier molecular flexibility index (Phi) is 5.31. The SMILES string of the molecule is CCn1ccnc1[C@H]1CCCN(C(=O)COc2ccc(-n3cnnn3)cc2)C1. The molecular weight excluding hydrogens is 358 g/mol. The second-order valence-corrected chi connectivity index (χ2v) is 6.79. The minimum Gasteiger partial charge on any atom is -0.484 e. The van der Waals surface area contributed by atoms with E-state index in [9.17, 15) is 4.79 Å². The molecule has 0 N–H and O–H groups in total. The Labute approximate surface area is 162 Å². The van der Waals surface area contributed by atoms with E-state index in [4.69, 9.17) is 4.74 Å². The number of carbonyl (C=O) groups is 1. The summed E-state index contributed by atoms with van der Waals surface area (Å²) in [5.41, 5.74) is 0.828. The first kappa shape index (κ1) is 18.1. The summed E-state index contributed by atoms with van der Waals surface area (Å²) in [6.07, 6.45) is 7.39. The molecule has 0 saturated carbocycles. The fourth-order valence-electron chi connectivity index (χ4n) is 3.57. The lowest BCUT2D eigenvalue weighted by Crippen LogP contribution is -2.42. The number of piperidine rings is 1. The van der Waals surface area contributed by atoms with Crippen molar-refractivity contribution in [2.24, 2.45) is 0 Å². The highest BCUT2D eigenvalue weighted by molar-refractivity contribution is 5.78. The predicted molar refractivity (Wildman–Crippen MR) is 101 cm³/mol. The van der Waals surface area contributed by atoms with Gasteiger partial charge < -0.3 is 14.2 Å². The number of likely N-dealkylation sites (tertiary alicyclic amines) is 1. The van der Waals surface area contributed by atoms with E-state index in [2.05, 4.69) is 32.0 Å². The largest absolute Gasteiger partial charge is 0.484 e. The van der Waals surface area contributed by atoms with E-state index >= 15 is 0 Å². The van der Waals surface area contributed by atoms with Crippen molar-refractivity contribution in [1.29, 1.82) is 0 Å². The zero-order valence-corrected chi connectivity index (χ0v) is 15.8. The molecule has 0 aliphatic carbocycles. The van der Waals surface area contributed by atoms with E-state index in [-0.39, 0.29) is 18.4 Å². The smallest absolute Gasteiger partial charge is 0.260 e. The summed E-state index contributed by atoms with van der Waals surface area (Å²) in [5.74, 6) is 1.99. The van der Waals surface area contributed by atoms with Gasteiger partial charge in [0, 0.05) is 37.9 Å². The molecule has 9 nitrogen and oxygen atoms in total. The van der Waals surface area contributed by atoms with Crippen LogP contribution >= 0.6 is 0 Å². The van der Waals surface area contributed by atoms with Crippen LogP contribution in [0.4, 0.5) is 0 Å². The fourth-order valence-corrected chi connectivity index (χ4v) is 3.57. The van der Waals surface area contributed by atoms with E-state index in [1.54, 1.807) is 16.8 Å². The third-order valence-corrected chi connectivity index (χ3v) is 5.04. The molecule has 146 valence electrons. The molecule has 1 aliphatic heterocycles. The Morgan fingerprint density at radius 2 is 2.14 bits per heavy atom. The highest BCUT2D eigenvalue weighted by Crippen LogP contribution is 2.26. The summed E-state index contributed by atoms with van der Waals surface area (Å²) in [4.78, 5) is 19.0. The molecule has 3 aromatic rings. The Morgan fingerprint density at radius 3 is 2.89 bits per heavy atom. The van der Waals surface area contributed by atoms with Crippen LogP contribution in [0.3, 0.4) is 0 Å². The van der Waals surface area contributed by atoms with E-state index in [0.717, 1.165) is 37.4 Å². The van der Waals surface area contributed by atoms with Crippen molar-refractivity contribution in [3.8, 4) is 11.4 Å². The lowest BCUT2D eigenvalue weighted by molar-refractivity contribution is -0.134. The zero-order valence-electron chi connectivity index (χ0n) is 15.8. The molecule has 1 atom stereocenters. The van der Waals surface area contributed by atoms with Crippen molar-refractivity contribution in [3.05, 3.63) is 48.8 Å². The maximum atomic E-state index is 12.6. The van der Waals surface area contributed by atoms with Crippen LogP contribution < -0.4 is 4.74 Å². The van der Waals surface area contributed by atoms with Gasteiger partial charge in [0.25, 0.3) is 5.91 Å². The topological polar surface area (TPSA) is 91.0 Å². The van der Waals surface area contributed by atoms with Gasteiger partial charge in [0.1, 0.15) is 17.9 Å². The molecule has 0 radical (unpaired) electrons. The molecule has 1 aliphatic rings. The van der Waals surface area contributed by atoms with Crippen LogP contribution in [0.1, 0.15) is 31.5 Å². The number of carbonyl (C=O) groups excluding carboxylic acids is 1. The normalized spacial score (nSPS) is 16.9. The zero-order chi connectivity index (χ0) is 19.3. The summed E-state index contributed by atoms with van der Waals surface area (Å²) >= 11 is 0.